The Labute approximate surface area is 109 Å². The summed E-state index contributed by atoms with van der Waals surface area (Å²) in [6.45, 7) is 4.84. The molecule has 0 saturated carbocycles. The number of anilines is 1. The number of primary amides is 1. The summed E-state index contributed by atoms with van der Waals surface area (Å²) >= 11 is 1.67. The van der Waals surface area contributed by atoms with Crippen LogP contribution in [0.5, 0.6) is 0 Å². The smallest absolute Gasteiger partial charge is 0.217 e. The summed E-state index contributed by atoms with van der Waals surface area (Å²) < 4.78 is 0. The molecule has 96 valence electrons. The highest BCUT2D eigenvalue weighted by atomic mass is 32.1. The van der Waals surface area contributed by atoms with Crippen molar-refractivity contribution in [3.05, 3.63) is 16.8 Å². The molecule has 1 amide bonds. The van der Waals surface area contributed by atoms with E-state index in [4.69, 9.17) is 5.73 Å². The van der Waals surface area contributed by atoms with Crippen molar-refractivity contribution in [3.8, 4) is 0 Å². The summed E-state index contributed by atoms with van der Waals surface area (Å²) in [5, 5.41) is 4.33. The van der Waals surface area contributed by atoms with Crippen molar-refractivity contribution < 1.29 is 4.79 Å². The number of nitrogens with zero attached hydrogens (tertiary/aromatic N) is 2. The second-order valence-corrected chi connectivity index (χ2v) is 5.39. The predicted molar refractivity (Wildman–Crippen MR) is 73.8 cm³/mol. The van der Waals surface area contributed by atoms with Crippen molar-refractivity contribution in [1.82, 2.24) is 9.97 Å². The summed E-state index contributed by atoms with van der Waals surface area (Å²) in [6, 6.07) is 0. The van der Waals surface area contributed by atoms with Gasteiger partial charge in [0.05, 0.1) is 5.39 Å². The standard InChI is InChI=1S/C12H16N4OS/c1-7-8(2)18-12-10(7)11(15-6-16-12)14-5-3-4-9(13)17/h6H,3-5H2,1-2H3,(H2,13,17)(H,14,15,16). The molecule has 0 aliphatic heterocycles. The Morgan fingerprint density at radius 3 is 2.94 bits per heavy atom. The molecule has 0 atom stereocenters. The van der Waals surface area contributed by atoms with Crippen molar-refractivity contribution in [2.75, 3.05) is 11.9 Å². The molecule has 0 aromatic carbocycles. The first-order valence-corrected chi connectivity index (χ1v) is 6.64. The Kier molecular flexibility index (Phi) is 3.76. The maximum absolute atomic E-state index is 10.7. The number of carbonyl (C=O) groups is 1. The van der Waals surface area contributed by atoms with Crippen LogP contribution < -0.4 is 11.1 Å². The summed E-state index contributed by atoms with van der Waals surface area (Å²) in [5.41, 5.74) is 6.31. The van der Waals surface area contributed by atoms with Crippen LogP contribution in [0.15, 0.2) is 6.33 Å². The zero-order valence-electron chi connectivity index (χ0n) is 10.5. The fourth-order valence-electron chi connectivity index (χ4n) is 1.79. The lowest BCUT2D eigenvalue weighted by Crippen LogP contribution is -2.13. The summed E-state index contributed by atoms with van der Waals surface area (Å²) in [7, 11) is 0. The normalized spacial score (nSPS) is 10.8. The van der Waals surface area contributed by atoms with Crippen molar-refractivity contribution in [2.24, 2.45) is 5.73 Å². The Balaban J connectivity index is 2.15. The molecule has 2 heterocycles. The lowest BCUT2D eigenvalue weighted by Gasteiger charge is -2.06. The van der Waals surface area contributed by atoms with Crippen molar-refractivity contribution in [3.63, 3.8) is 0 Å². The maximum atomic E-state index is 10.7. The lowest BCUT2D eigenvalue weighted by atomic mass is 10.2. The first-order chi connectivity index (χ1) is 8.59. The Morgan fingerprint density at radius 1 is 1.44 bits per heavy atom. The molecule has 0 saturated heterocycles. The molecule has 2 rings (SSSR count). The minimum atomic E-state index is -0.271. The van der Waals surface area contributed by atoms with E-state index in [9.17, 15) is 4.79 Å². The number of thiophene rings is 1. The van der Waals surface area contributed by atoms with Gasteiger partial charge >= 0.3 is 0 Å². The Hall–Kier alpha value is -1.69. The van der Waals surface area contributed by atoms with E-state index < -0.39 is 0 Å². The lowest BCUT2D eigenvalue weighted by molar-refractivity contribution is -0.118. The first-order valence-electron chi connectivity index (χ1n) is 5.82. The highest BCUT2D eigenvalue weighted by Crippen LogP contribution is 2.32. The number of hydrogen-bond acceptors (Lipinski definition) is 5. The number of nitrogens with two attached hydrogens (primary N) is 1. The van der Waals surface area contributed by atoms with E-state index in [1.165, 1.54) is 10.4 Å². The number of nitrogens with one attached hydrogen (secondary N) is 1. The van der Waals surface area contributed by atoms with E-state index in [1.807, 2.05) is 0 Å². The van der Waals surface area contributed by atoms with Gasteiger partial charge in [-0.2, -0.15) is 0 Å². The predicted octanol–water partition coefficient (Wildman–Crippen LogP) is 1.99. The molecular weight excluding hydrogens is 248 g/mol. The van der Waals surface area contributed by atoms with Crippen molar-refractivity contribution in [1.29, 1.82) is 0 Å². The number of carbonyl (C=O) groups excluding carboxylic acids is 1. The zero-order valence-corrected chi connectivity index (χ0v) is 11.3. The van der Waals surface area contributed by atoms with Gasteiger partial charge < -0.3 is 11.1 Å². The van der Waals surface area contributed by atoms with Gasteiger partial charge in [0.15, 0.2) is 0 Å². The third-order valence-electron chi connectivity index (χ3n) is 2.86. The number of hydrogen-bond donors (Lipinski definition) is 2. The average Bonchev–Trinajstić information content (AvgIpc) is 2.61. The quantitative estimate of drug-likeness (QED) is 0.809. The Morgan fingerprint density at radius 2 is 2.22 bits per heavy atom. The molecule has 2 aromatic heterocycles. The van der Waals surface area contributed by atoms with Gasteiger partial charge in [-0.3, -0.25) is 4.79 Å². The molecule has 0 aliphatic rings. The second-order valence-electron chi connectivity index (χ2n) is 4.18. The number of aromatic nitrogens is 2. The third kappa shape index (κ3) is 2.59. The van der Waals surface area contributed by atoms with Gasteiger partial charge in [-0.15, -0.1) is 11.3 Å². The van der Waals surface area contributed by atoms with E-state index in [0.29, 0.717) is 19.4 Å². The van der Waals surface area contributed by atoms with Gasteiger partial charge in [0.2, 0.25) is 5.91 Å². The van der Waals surface area contributed by atoms with Crippen LogP contribution in [0.25, 0.3) is 10.2 Å². The van der Waals surface area contributed by atoms with E-state index in [-0.39, 0.29) is 5.91 Å². The average molecular weight is 264 g/mol. The molecule has 3 N–H and O–H groups in total. The fraction of sp³-hybridized carbons (Fsp3) is 0.417. The highest BCUT2D eigenvalue weighted by Gasteiger charge is 2.11. The van der Waals surface area contributed by atoms with E-state index in [0.717, 1.165) is 16.0 Å². The highest BCUT2D eigenvalue weighted by molar-refractivity contribution is 7.18. The van der Waals surface area contributed by atoms with Gasteiger partial charge in [-0.05, 0) is 25.8 Å². The van der Waals surface area contributed by atoms with E-state index in [1.54, 1.807) is 17.7 Å². The van der Waals surface area contributed by atoms with Gasteiger partial charge in [0.1, 0.15) is 17.0 Å². The third-order valence-corrected chi connectivity index (χ3v) is 3.97. The van der Waals surface area contributed by atoms with Gasteiger partial charge in [-0.1, -0.05) is 0 Å². The summed E-state index contributed by atoms with van der Waals surface area (Å²) in [5.74, 6) is 0.568. The molecule has 0 radical (unpaired) electrons. The zero-order chi connectivity index (χ0) is 13.1. The second kappa shape index (κ2) is 5.30. The topological polar surface area (TPSA) is 80.9 Å². The van der Waals surface area contributed by atoms with E-state index in [2.05, 4.69) is 29.1 Å². The number of fused-ring (bicyclic) bond motifs is 1. The van der Waals surface area contributed by atoms with Gasteiger partial charge in [0.25, 0.3) is 0 Å². The molecule has 0 spiro atoms. The molecule has 2 aromatic rings. The van der Waals surface area contributed by atoms with Crippen LogP contribution in [0.2, 0.25) is 0 Å². The van der Waals surface area contributed by atoms with Crippen LogP contribution in [0, 0.1) is 13.8 Å². The van der Waals surface area contributed by atoms with Crippen LogP contribution >= 0.6 is 11.3 Å². The maximum Gasteiger partial charge on any atom is 0.217 e. The monoisotopic (exact) mass is 264 g/mol. The molecule has 5 nitrogen and oxygen atoms in total. The molecule has 6 heteroatoms. The van der Waals surface area contributed by atoms with Crippen LogP contribution in [0.1, 0.15) is 23.3 Å². The van der Waals surface area contributed by atoms with Crippen molar-refractivity contribution in [2.45, 2.75) is 26.7 Å². The number of amides is 1. The van der Waals surface area contributed by atoms with Gasteiger partial charge in [0, 0.05) is 17.8 Å². The SMILES string of the molecule is Cc1sc2ncnc(NCCCC(N)=O)c2c1C. The van der Waals surface area contributed by atoms with Crippen LogP contribution in [0.4, 0.5) is 5.82 Å². The molecular formula is C12H16N4OS. The molecule has 0 fully saturated rings. The molecule has 0 bridgehead atoms. The van der Waals surface area contributed by atoms with Crippen molar-refractivity contribution >= 4 is 33.3 Å². The number of aryl methyl sites for hydroxylation is 2. The van der Waals surface area contributed by atoms with Crippen LogP contribution in [-0.4, -0.2) is 22.4 Å². The first kappa shape index (κ1) is 12.8. The number of rotatable bonds is 5. The fourth-order valence-corrected chi connectivity index (χ4v) is 2.78. The minimum absolute atomic E-state index is 0.271. The Bertz CT molecular complexity index is 579. The molecule has 0 aliphatic carbocycles. The summed E-state index contributed by atoms with van der Waals surface area (Å²) in [4.78, 5) is 21.4. The molecule has 0 unspecified atom stereocenters. The minimum Gasteiger partial charge on any atom is -0.370 e. The molecule has 18 heavy (non-hydrogen) atoms. The summed E-state index contributed by atoms with van der Waals surface area (Å²) in [6.07, 6.45) is 2.67. The van der Waals surface area contributed by atoms with Gasteiger partial charge in [-0.25, -0.2) is 9.97 Å². The van der Waals surface area contributed by atoms with Crippen LogP contribution in [0.3, 0.4) is 0 Å². The largest absolute Gasteiger partial charge is 0.370 e. The van der Waals surface area contributed by atoms with E-state index >= 15 is 0 Å². The van der Waals surface area contributed by atoms with Crippen LogP contribution in [-0.2, 0) is 4.79 Å².